The van der Waals surface area contributed by atoms with Gasteiger partial charge in [-0.3, -0.25) is 9.59 Å². The van der Waals surface area contributed by atoms with Crippen LogP contribution in [0.25, 0.3) is 21.7 Å². The first-order valence-electron chi connectivity index (χ1n) is 30.0. The molecule has 18 nitrogen and oxygen atoms in total. The Bertz CT molecular complexity index is 3180. The largest absolute Gasteiger partial charge is 0.507 e. The van der Waals surface area contributed by atoms with Crippen molar-refractivity contribution in [2.24, 2.45) is 11.8 Å². The molecule has 1 saturated carbocycles. The number of phenols is 2. The third-order valence-corrected chi connectivity index (χ3v) is 19.6. The van der Waals surface area contributed by atoms with E-state index < -0.39 is 18.1 Å². The van der Waals surface area contributed by atoms with Crippen LogP contribution in [0.15, 0.2) is 83.0 Å². The number of aromatic nitrogens is 4. The number of aromatic amines is 1. The van der Waals surface area contributed by atoms with Crippen LogP contribution in [-0.2, 0) is 14.3 Å². The summed E-state index contributed by atoms with van der Waals surface area (Å²) in [5.41, 5.74) is 14.6. The van der Waals surface area contributed by atoms with Crippen molar-refractivity contribution >= 4 is 46.0 Å². The number of pyridine rings is 1. The van der Waals surface area contributed by atoms with Gasteiger partial charge in [-0.25, -0.2) is 9.97 Å². The van der Waals surface area contributed by atoms with E-state index in [2.05, 4.69) is 57.9 Å². The van der Waals surface area contributed by atoms with Crippen LogP contribution in [0.1, 0.15) is 120 Å². The SMILES string of the molecule is Cc1ncsc1-c1ccc([C@H](C)CCC(=O)[C@@H]2C[C@@H](O)CN2C(=O)[C@H](c2cc(N3CCC(CN4CCC(O[C@H]5C[C@H](Oc6cc(N7C8CCC7CN(c7cc(-c9ccccc9O)[nH]c7N)C8)ccn6)C5)CC4)CC3)no2)C(C)C)cc1O. The Morgan fingerprint density at radius 1 is 0.829 bits per heavy atom. The molecule has 9 heterocycles. The summed E-state index contributed by atoms with van der Waals surface area (Å²) >= 11 is 1.49. The first-order chi connectivity index (χ1) is 39.7. The predicted octanol–water partition coefficient (Wildman–Crippen LogP) is 9.51. The van der Waals surface area contributed by atoms with E-state index in [1.54, 1.807) is 22.5 Å². The van der Waals surface area contributed by atoms with Crippen molar-refractivity contribution in [1.82, 2.24) is 29.9 Å². The van der Waals surface area contributed by atoms with Gasteiger partial charge in [-0.05, 0) is 112 Å². The molecule has 6 aromatic rings. The number of aromatic hydroxyl groups is 2. The van der Waals surface area contributed by atoms with Gasteiger partial charge >= 0.3 is 0 Å². The lowest BCUT2D eigenvalue weighted by Crippen LogP contribution is -2.54. The maximum Gasteiger partial charge on any atom is 0.234 e. The zero-order valence-corrected chi connectivity index (χ0v) is 48.6. The summed E-state index contributed by atoms with van der Waals surface area (Å²) < 4.78 is 19.1. The summed E-state index contributed by atoms with van der Waals surface area (Å²) in [6.07, 6.45) is 10.8. The smallest absolute Gasteiger partial charge is 0.234 e. The molecule has 6 fully saturated rings. The minimum absolute atomic E-state index is 0.00554. The van der Waals surface area contributed by atoms with Gasteiger partial charge in [0.15, 0.2) is 17.4 Å². The molecule has 0 radical (unpaired) electrons. The molecule has 4 aromatic heterocycles. The van der Waals surface area contributed by atoms with Gasteiger partial charge in [0.2, 0.25) is 11.8 Å². The fraction of sp³-hybridized carbons (Fsp3) is 0.540. The maximum absolute atomic E-state index is 14.4. The van der Waals surface area contributed by atoms with Crippen LogP contribution in [0.4, 0.5) is 23.0 Å². The molecule has 82 heavy (non-hydrogen) atoms. The molecule has 5 aliphatic heterocycles. The van der Waals surface area contributed by atoms with Gasteiger partial charge in [0.25, 0.3) is 0 Å². The number of Topliss-reactive ketones (excluding diaryl/α,β-unsaturated/α-hetero) is 1. The molecule has 1 aliphatic carbocycles. The Labute approximate surface area is 484 Å². The molecular formula is C63H80N10O8S. The number of nitrogens with two attached hydrogens (primary N) is 1. The van der Waals surface area contributed by atoms with Crippen molar-refractivity contribution in [2.75, 3.05) is 72.8 Å². The molecule has 19 heteroatoms. The molecule has 5 saturated heterocycles. The second-order valence-corrected chi connectivity index (χ2v) is 25.5. The van der Waals surface area contributed by atoms with Crippen LogP contribution in [-0.4, -0.2) is 152 Å². The summed E-state index contributed by atoms with van der Waals surface area (Å²) in [5, 5.41) is 36.6. The number of β-amino-alcohol motifs (C(OH)–C–C–N with tert-alkyl or cyclic N) is 1. The van der Waals surface area contributed by atoms with Gasteiger partial charge in [0, 0.05) is 125 Å². The topological polar surface area (TPSA) is 223 Å². The van der Waals surface area contributed by atoms with E-state index in [0.29, 0.717) is 41.9 Å². The number of carbonyl (C=O) groups excluding carboxylic acids is 2. The highest BCUT2D eigenvalue weighted by molar-refractivity contribution is 7.13. The number of piperazine rings is 1. The van der Waals surface area contributed by atoms with E-state index >= 15 is 0 Å². The monoisotopic (exact) mass is 1140 g/mol. The standard InChI is InChI=1S/C63H80N10O8S/c1-37(2)60(63(78)72-35-45(74)27-52(72)55(76)14-9-38(3)41-10-13-50(56(77)25-41)61-39(4)66-36-82-61)57-31-58(68-81-57)70-23-16-40(17-24-70)32-69-21-18-46(19-22-69)79-47-28-48(29-47)80-59-26-42(15-20-65-59)73-43-11-12-44(73)34-71(33-43)53-30-51(67-62(53)64)49-7-5-6-8-54(49)75/h5-8,10,13,15,20,25-26,30-31,36-38,40,43-48,52,60,67,74-75,77H,9,11-12,14,16-19,21-24,27-29,32-35,64H2,1-4H3/t38-,43?,44?,45-,47-,48-,52+,60+/m1/s1. The van der Waals surface area contributed by atoms with Crippen LogP contribution >= 0.6 is 11.3 Å². The fourth-order valence-electron chi connectivity index (χ4n) is 14.0. The molecule has 12 rings (SSSR count). The minimum Gasteiger partial charge on any atom is -0.507 e. The summed E-state index contributed by atoms with van der Waals surface area (Å²) in [6.45, 7) is 14.6. The Morgan fingerprint density at radius 2 is 1.60 bits per heavy atom. The second-order valence-electron chi connectivity index (χ2n) is 24.6. The molecule has 6 aliphatic rings. The van der Waals surface area contributed by atoms with Crippen LogP contribution in [0.3, 0.4) is 0 Å². The van der Waals surface area contributed by atoms with Gasteiger partial charge in [0.1, 0.15) is 29.3 Å². The highest BCUT2D eigenvalue weighted by Crippen LogP contribution is 2.43. The van der Waals surface area contributed by atoms with Crippen molar-refractivity contribution in [3.63, 3.8) is 0 Å². The Hall–Kier alpha value is -6.67. The van der Waals surface area contributed by atoms with Crippen LogP contribution < -0.4 is 25.2 Å². The number of rotatable bonds is 19. The van der Waals surface area contributed by atoms with Gasteiger partial charge in [0.05, 0.1) is 51.8 Å². The van der Waals surface area contributed by atoms with Crippen molar-refractivity contribution in [1.29, 1.82) is 0 Å². The summed E-state index contributed by atoms with van der Waals surface area (Å²) in [6, 6.07) is 21.2. The number of likely N-dealkylation sites (tertiary alicyclic amines) is 2. The number of carbonyl (C=O) groups is 2. The minimum atomic E-state index is -0.784. The number of para-hydroxylation sites is 1. The number of piperidine rings is 2. The van der Waals surface area contributed by atoms with Gasteiger partial charge in [-0.2, -0.15) is 0 Å². The molecule has 6 atom stereocenters. The summed E-state index contributed by atoms with van der Waals surface area (Å²) in [5.74, 6) is 2.47. The van der Waals surface area contributed by atoms with E-state index in [-0.39, 0.29) is 72.7 Å². The third-order valence-electron chi connectivity index (χ3n) is 18.7. The molecule has 1 amide bonds. The molecule has 2 bridgehead atoms. The number of thiazole rings is 1. The average Bonchev–Trinajstić information content (AvgIpc) is 4.50. The molecule has 436 valence electrons. The van der Waals surface area contributed by atoms with E-state index in [4.69, 9.17) is 19.7 Å². The number of hydrogen-bond acceptors (Lipinski definition) is 17. The number of aryl methyl sites for hydroxylation is 1. The van der Waals surface area contributed by atoms with E-state index in [9.17, 15) is 24.9 Å². The highest BCUT2D eigenvalue weighted by atomic mass is 32.1. The van der Waals surface area contributed by atoms with Crippen LogP contribution in [0.2, 0.25) is 0 Å². The number of benzene rings is 2. The Morgan fingerprint density at radius 3 is 2.32 bits per heavy atom. The number of aliphatic hydroxyl groups is 1. The number of aliphatic hydroxyl groups excluding tert-OH is 1. The number of fused-ring (bicyclic) bond motifs is 2. The summed E-state index contributed by atoms with van der Waals surface area (Å²) in [4.78, 5) is 52.9. The van der Waals surface area contributed by atoms with Crippen molar-refractivity contribution in [3.05, 3.63) is 95.5 Å². The van der Waals surface area contributed by atoms with Gasteiger partial charge < -0.3 is 64.5 Å². The number of nitrogens with zero attached hydrogens (tertiary/aromatic N) is 8. The lowest BCUT2D eigenvalue weighted by molar-refractivity contribution is -0.140. The Balaban J connectivity index is 0.559. The molecule has 0 spiro atoms. The first kappa shape index (κ1) is 55.8. The molecular weight excluding hydrogens is 1060 g/mol. The fourth-order valence-corrected chi connectivity index (χ4v) is 14.8. The number of H-pyrrole nitrogens is 1. The van der Waals surface area contributed by atoms with E-state index in [1.807, 2.05) is 70.3 Å². The third kappa shape index (κ3) is 11.8. The number of nitrogen functional groups attached to an aromatic ring is 1. The Kier molecular flexibility index (Phi) is 16.3. The lowest BCUT2D eigenvalue weighted by Gasteiger charge is -2.43. The highest BCUT2D eigenvalue weighted by Gasteiger charge is 2.44. The van der Waals surface area contributed by atoms with Crippen molar-refractivity contribution in [3.8, 4) is 39.1 Å². The molecule has 2 aromatic carbocycles. The average molecular weight is 1140 g/mol. The van der Waals surface area contributed by atoms with Gasteiger partial charge in [-0.1, -0.05) is 44.1 Å². The lowest BCUT2D eigenvalue weighted by atomic mass is 9.90. The number of nitrogens with one attached hydrogen (secondary N) is 1. The van der Waals surface area contributed by atoms with Crippen LogP contribution in [0.5, 0.6) is 17.4 Å². The normalized spacial score (nSPS) is 24.3. The maximum atomic E-state index is 14.4. The number of phenolic OH excluding ortho intramolecular Hbond substituents is 2. The van der Waals surface area contributed by atoms with Crippen molar-refractivity contribution in [2.45, 2.75) is 153 Å². The number of amides is 1. The zero-order valence-electron chi connectivity index (χ0n) is 47.7. The first-order valence-corrected chi connectivity index (χ1v) is 30.8. The predicted molar refractivity (Wildman–Crippen MR) is 318 cm³/mol. The molecule has 6 N–H and O–H groups in total. The number of hydrogen-bond donors (Lipinski definition) is 5. The second kappa shape index (κ2) is 23.9. The van der Waals surface area contributed by atoms with Crippen LogP contribution in [0, 0.1) is 18.8 Å². The number of ether oxygens (including phenoxy) is 2. The van der Waals surface area contributed by atoms with Gasteiger partial charge in [-0.15, -0.1) is 11.3 Å². The van der Waals surface area contributed by atoms with E-state index in [1.165, 1.54) is 11.3 Å². The molecule has 2 unspecified atom stereocenters. The van der Waals surface area contributed by atoms with Crippen molar-refractivity contribution < 1.29 is 38.9 Å². The zero-order chi connectivity index (χ0) is 56.8. The summed E-state index contributed by atoms with van der Waals surface area (Å²) in [7, 11) is 0. The number of anilines is 4. The van der Waals surface area contributed by atoms with E-state index in [0.717, 1.165) is 147 Å². The quantitative estimate of drug-likeness (QED) is 0.0509. The number of ketones is 1.